The van der Waals surface area contributed by atoms with Crippen LogP contribution >= 0.6 is 0 Å². The molecule has 2 saturated heterocycles. The first kappa shape index (κ1) is 25.9. The smallest absolute Gasteiger partial charge is 0.307 e. The number of aryl methyl sites for hydroxylation is 1. The molecule has 40 heavy (non-hydrogen) atoms. The highest BCUT2D eigenvalue weighted by molar-refractivity contribution is 5.94. The fourth-order valence-electron chi connectivity index (χ4n) is 5.41. The molecule has 9 nitrogen and oxygen atoms in total. The summed E-state index contributed by atoms with van der Waals surface area (Å²) in [6.07, 6.45) is 6.57. The van der Waals surface area contributed by atoms with Crippen molar-refractivity contribution in [3.63, 3.8) is 0 Å². The average Bonchev–Trinajstić information content (AvgIpc) is 3.42. The SMILES string of the molecule is Cc1ccc(N2CCC(Oc3ccc4nc(C(=O)NC5CCN(C(=O)c6ccncc6)CC5)oc4c3)CC2)cc1. The van der Waals surface area contributed by atoms with Crippen LogP contribution in [0.4, 0.5) is 5.69 Å². The van der Waals surface area contributed by atoms with E-state index in [0.29, 0.717) is 42.6 Å². The molecule has 2 aromatic carbocycles. The van der Waals surface area contributed by atoms with Crippen LogP contribution in [0.25, 0.3) is 11.1 Å². The summed E-state index contributed by atoms with van der Waals surface area (Å²) >= 11 is 0. The number of nitrogens with zero attached hydrogens (tertiary/aromatic N) is 4. The van der Waals surface area contributed by atoms with Crippen LogP contribution in [0.5, 0.6) is 5.75 Å². The second kappa shape index (κ2) is 11.4. The number of nitrogens with one attached hydrogen (secondary N) is 1. The molecule has 0 radical (unpaired) electrons. The zero-order valence-electron chi connectivity index (χ0n) is 22.6. The Labute approximate surface area is 233 Å². The number of hydrogen-bond acceptors (Lipinski definition) is 7. The van der Waals surface area contributed by atoms with Gasteiger partial charge in [-0.05, 0) is 56.2 Å². The first-order valence-corrected chi connectivity index (χ1v) is 13.9. The molecule has 2 aliphatic heterocycles. The van der Waals surface area contributed by atoms with E-state index in [1.54, 1.807) is 24.5 Å². The molecule has 0 spiro atoms. The molecule has 0 unspecified atom stereocenters. The lowest BCUT2D eigenvalue weighted by atomic mass is 10.0. The van der Waals surface area contributed by atoms with Crippen LogP contribution in [-0.4, -0.2) is 65.0 Å². The Morgan fingerprint density at radius 2 is 1.65 bits per heavy atom. The summed E-state index contributed by atoms with van der Waals surface area (Å²) in [7, 11) is 0. The highest BCUT2D eigenvalue weighted by Gasteiger charge is 2.27. The quantitative estimate of drug-likeness (QED) is 0.382. The van der Waals surface area contributed by atoms with Crippen LogP contribution in [0, 0.1) is 6.92 Å². The van der Waals surface area contributed by atoms with E-state index in [1.807, 2.05) is 23.1 Å². The third-order valence-electron chi connectivity index (χ3n) is 7.74. The van der Waals surface area contributed by atoms with Gasteiger partial charge in [0, 0.05) is 74.8 Å². The second-order valence-corrected chi connectivity index (χ2v) is 10.6. The Balaban J connectivity index is 1.01. The Bertz CT molecular complexity index is 1470. The molecule has 9 heteroatoms. The van der Waals surface area contributed by atoms with Crippen molar-refractivity contribution in [2.45, 2.75) is 44.8 Å². The molecule has 2 fully saturated rings. The number of hydrogen-bond donors (Lipinski definition) is 1. The number of anilines is 1. The number of likely N-dealkylation sites (tertiary alicyclic amines) is 1. The van der Waals surface area contributed by atoms with Crippen molar-refractivity contribution < 1.29 is 18.7 Å². The standard InChI is InChI=1S/C31H33N5O4/c1-21-2-4-24(5-3-21)35-18-12-25(13-19-35)39-26-6-7-27-28(20-26)40-30(34-27)29(37)33-23-10-16-36(17-11-23)31(38)22-8-14-32-15-9-22/h2-9,14-15,20,23,25H,10-13,16-19H2,1H3,(H,33,37). The van der Waals surface area contributed by atoms with Gasteiger partial charge in [-0.1, -0.05) is 17.7 Å². The maximum atomic E-state index is 12.9. The Morgan fingerprint density at radius 1 is 0.925 bits per heavy atom. The van der Waals surface area contributed by atoms with Crippen LogP contribution in [0.15, 0.2) is 71.4 Å². The predicted molar refractivity (Wildman–Crippen MR) is 152 cm³/mol. The van der Waals surface area contributed by atoms with Crippen molar-refractivity contribution in [1.82, 2.24) is 20.2 Å². The number of piperidine rings is 2. The van der Waals surface area contributed by atoms with Crippen molar-refractivity contribution in [3.05, 3.63) is 84.0 Å². The molecule has 2 aromatic heterocycles. The lowest BCUT2D eigenvalue weighted by Gasteiger charge is -2.33. The second-order valence-electron chi connectivity index (χ2n) is 10.6. The number of amides is 2. The number of carbonyl (C=O) groups is 2. The number of fused-ring (bicyclic) bond motifs is 1. The number of benzene rings is 2. The van der Waals surface area contributed by atoms with Gasteiger partial charge in [0.15, 0.2) is 5.58 Å². The molecule has 4 heterocycles. The largest absolute Gasteiger partial charge is 0.490 e. The number of oxazole rings is 1. The van der Waals surface area contributed by atoms with Crippen molar-refractivity contribution in [2.24, 2.45) is 0 Å². The van der Waals surface area contributed by atoms with E-state index in [-0.39, 0.29) is 29.9 Å². The maximum absolute atomic E-state index is 12.9. The summed E-state index contributed by atoms with van der Waals surface area (Å²) in [6.45, 7) is 5.14. The van der Waals surface area contributed by atoms with Gasteiger partial charge in [-0.25, -0.2) is 4.98 Å². The molecule has 0 saturated carbocycles. The summed E-state index contributed by atoms with van der Waals surface area (Å²) in [4.78, 5) is 38.1. The minimum Gasteiger partial charge on any atom is -0.490 e. The van der Waals surface area contributed by atoms with E-state index in [0.717, 1.165) is 31.7 Å². The number of carbonyl (C=O) groups excluding carboxylic acids is 2. The number of ether oxygens (including phenoxy) is 1. The minimum atomic E-state index is -0.346. The molecule has 0 aliphatic carbocycles. The molecule has 0 bridgehead atoms. The van der Waals surface area contributed by atoms with E-state index in [4.69, 9.17) is 9.15 Å². The van der Waals surface area contributed by atoms with Crippen LogP contribution in [0.1, 0.15) is 52.3 Å². The summed E-state index contributed by atoms with van der Waals surface area (Å²) in [6, 6.07) is 17.6. The molecule has 4 aromatic rings. The summed E-state index contributed by atoms with van der Waals surface area (Å²) in [5.74, 6) is 0.395. The minimum absolute atomic E-state index is 0.0130. The third-order valence-corrected chi connectivity index (χ3v) is 7.74. The van der Waals surface area contributed by atoms with E-state index in [1.165, 1.54) is 11.3 Å². The monoisotopic (exact) mass is 539 g/mol. The van der Waals surface area contributed by atoms with Crippen LogP contribution in [0.3, 0.4) is 0 Å². The number of rotatable bonds is 6. The topological polar surface area (TPSA) is 101 Å². The van der Waals surface area contributed by atoms with Gasteiger partial charge in [0.2, 0.25) is 0 Å². The number of pyridine rings is 1. The zero-order chi connectivity index (χ0) is 27.5. The lowest BCUT2D eigenvalue weighted by molar-refractivity contribution is 0.0695. The van der Waals surface area contributed by atoms with E-state index in [9.17, 15) is 9.59 Å². The Morgan fingerprint density at radius 3 is 2.38 bits per heavy atom. The summed E-state index contributed by atoms with van der Waals surface area (Å²) in [5, 5.41) is 3.02. The molecule has 206 valence electrons. The zero-order valence-corrected chi connectivity index (χ0v) is 22.6. The van der Waals surface area contributed by atoms with Gasteiger partial charge in [0.25, 0.3) is 11.8 Å². The molecular formula is C31H33N5O4. The van der Waals surface area contributed by atoms with Gasteiger partial charge >= 0.3 is 5.91 Å². The van der Waals surface area contributed by atoms with E-state index < -0.39 is 0 Å². The molecule has 2 aliphatic rings. The maximum Gasteiger partial charge on any atom is 0.307 e. The van der Waals surface area contributed by atoms with E-state index >= 15 is 0 Å². The predicted octanol–water partition coefficient (Wildman–Crippen LogP) is 4.61. The van der Waals surface area contributed by atoms with Crippen molar-refractivity contribution in [1.29, 1.82) is 0 Å². The lowest BCUT2D eigenvalue weighted by Crippen LogP contribution is -2.46. The summed E-state index contributed by atoms with van der Waals surface area (Å²) in [5.41, 5.74) is 4.28. The van der Waals surface area contributed by atoms with Crippen LogP contribution in [0.2, 0.25) is 0 Å². The van der Waals surface area contributed by atoms with Crippen molar-refractivity contribution in [3.8, 4) is 5.75 Å². The van der Waals surface area contributed by atoms with Crippen LogP contribution in [-0.2, 0) is 0 Å². The highest BCUT2D eigenvalue weighted by atomic mass is 16.5. The molecule has 6 rings (SSSR count). The molecular weight excluding hydrogens is 506 g/mol. The Hall–Kier alpha value is -4.40. The van der Waals surface area contributed by atoms with Crippen LogP contribution < -0.4 is 15.0 Å². The van der Waals surface area contributed by atoms with Gasteiger partial charge < -0.3 is 24.3 Å². The molecule has 1 N–H and O–H groups in total. The average molecular weight is 540 g/mol. The normalized spacial score (nSPS) is 16.7. The van der Waals surface area contributed by atoms with Crippen molar-refractivity contribution >= 4 is 28.6 Å². The fraction of sp³-hybridized carbons (Fsp3) is 0.355. The fourth-order valence-corrected chi connectivity index (χ4v) is 5.41. The van der Waals surface area contributed by atoms with Crippen molar-refractivity contribution in [2.75, 3.05) is 31.1 Å². The van der Waals surface area contributed by atoms with Gasteiger partial charge in [-0.15, -0.1) is 0 Å². The third kappa shape index (κ3) is 5.78. The summed E-state index contributed by atoms with van der Waals surface area (Å²) < 4.78 is 12.1. The Kier molecular flexibility index (Phi) is 7.35. The van der Waals surface area contributed by atoms with Gasteiger partial charge in [-0.3, -0.25) is 14.6 Å². The van der Waals surface area contributed by atoms with E-state index in [2.05, 4.69) is 51.4 Å². The number of aromatic nitrogens is 2. The molecule has 2 amide bonds. The first-order chi connectivity index (χ1) is 19.5. The molecule has 0 atom stereocenters. The highest BCUT2D eigenvalue weighted by Crippen LogP contribution is 2.27. The van der Waals surface area contributed by atoms with Gasteiger partial charge in [0.1, 0.15) is 17.4 Å². The first-order valence-electron chi connectivity index (χ1n) is 13.9. The van der Waals surface area contributed by atoms with Gasteiger partial charge in [-0.2, -0.15) is 0 Å². The van der Waals surface area contributed by atoms with Gasteiger partial charge in [0.05, 0.1) is 0 Å².